The molecule has 6 nitrogen and oxygen atoms in total. The molecular formula is C10H7N3O3S2. The summed E-state index contributed by atoms with van der Waals surface area (Å²) in [4.78, 5) is 4.70. The van der Waals surface area contributed by atoms with Gasteiger partial charge in [-0.3, -0.25) is 4.55 Å². The third-order valence-electron chi connectivity index (χ3n) is 2.47. The molecule has 3 aromatic rings. The SMILES string of the molecule is O=S(=O)(O)c1ccc(-c2csc3ncnn23)cc1. The minimum absolute atomic E-state index is 0.128. The lowest BCUT2D eigenvalue weighted by Gasteiger charge is -2.00. The molecule has 0 fully saturated rings. The number of thiazole rings is 1. The second-order valence-corrected chi connectivity index (χ2v) is 5.83. The van der Waals surface area contributed by atoms with Crippen molar-refractivity contribution in [2.75, 3.05) is 0 Å². The Hall–Kier alpha value is -1.77. The predicted molar refractivity (Wildman–Crippen MR) is 66.1 cm³/mol. The molecule has 0 aliphatic heterocycles. The van der Waals surface area contributed by atoms with Crippen LogP contribution in [0.25, 0.3) is 16.2 Å². The van der Waals surface area contributed by atoms with E-state index in [2.05, 4.69) is 10.1 Å². The van der Waals surface area contributed by atoms with Crippen LogP contribution in [0.1, 0.15) is 0 Å². The van der Waals surface area contributed by atoms with Gasteiger partial charge in [-0.2, -0.15) is 13.5 Å². The molecule has 0 radical (unpaired) electrons. The molecule has 8 heteroatoms. The third-order valence-corrected chi connectivity index (χ3v) is 4.17. The van der Waals surface area contributed by atoms with Gasteiger partial charge < -0.3 is 0 Å². The summed E-state index contributed by atoms with van der Waals surface area (Å²) in [6.45, 7) is 0. The molecule has 2 aromatic heterocycles. The number of rotatable bonds is 2. The molecule has 0 saturated heterocycles. The van der Waals surface area contributed by atoms with Gasteiger partial charge in [0, 0.05) is 10.9 Å². The van der Waals surface area contributed by atoms with E-state index in [9.17, 15) is 8.42 Å². The van der Waals surface area contributed by atoms with Crippen LogP contribution in [0.5, 0.6) is 0 Å². The van der Waals surface area contributed by atoms with Gasteiger partial charge in [0.2, 0.25) is 4.96 Å². The lowest BCUT2D eigenvalue weighted by Crippen LogP contribution is -1.97. The van der Waals surface area contributed by atoms with Crippen LogP contribution in [-0.4, -0.2) is 27.6 Å². The van der Waals surface area contributed by atoms with Crippen molar-refractivity contribution in [1.29, 1.82) is 0 Å². The van der Waals surface area contributed by atoms with E-state index in [1.165, 1.54) is 29.8 Å². The third kappa shape index (κ3) is 1.80. The van der Waals surface area contributed by atoms with Crippen molar-refractivity contribution in [3.8, 4) is 11.3 Å². The van der Waals surface area contributed by atoms with Gasteiger partial charge in [-0.1, -0.05) is 12.1 Å². The van der Waals surface area contributed by atoms with Gasteiger partial charge in [0.05, 0.1) is 10.6 Å². The molecule has 0 bridgehead atoms. The van der Waals surface area contributed by atoms with Crippen LogP contribution < -0.4 is 0 Å². The van der Waals surface area contributed by atoms with Gasteiger partial charge >= 0.3 is 0 Å². The first kappa shape index (κ1) is 11.3. The van der Waals surface area contributed by atoms with Gasteiger partial charge in [-0.05, 0) is 12.1 Å². The van der Waals surface area contributed by atoms with E-state index in [0.717, 1.165) is 16.2 Å². The van der Waals surface area contributed by atoms with Crippen LogP contribution in [0.15, 0.2) is 40.9 Å². The van der Waals surface area contributed by atoms with Crippen LogP contribution in [0.4, 0.5) is 0 Å². The van der Waals surface area contributed by atoms with Gasteiger partial charge in [-0.15, -0.1) is 11.3 Å². The van der Waals surface area contributed by atoms with E-state index in [1.807, 2.05) is 5.38 Å². The highest BCUT2D eigenvalue weighted by atomic mass is 32.2. The van der Waals surface area contributed by atoms with Crippen LogP contribution >= 0.6 is 11.3 Å². The molecule has 1 N–H and O–H groups in total. The summed E-state index contributed by atoms with van der Waals surface area (Å²) in [5.41, 5.74) is 1.63. The molecule has 0 saturated carbocycles. The summed E-state index contributed by atoms with van der Waals surface area (Å²) in [7, 11) is -4.15. The maximum atomic E-state index is 10.9. The van der Waals surface area contributed by atoms with Crippen molar-refractivity contribution in [3.05, 3.63) is 36.0 Å². The van der Waals surface area contributed by atoms with Gasteiger partial charge in [0.1, 0.15) is 6.33 Å². The zero-order valence-electron chi connectivity index (χ0n) is 8.89. The van der Waals surface area contributed by atoms with Crippen LogP contribution in [0.2, 0.25) is 0 Å². The van der Waals surface area contributed by atoms with E-state index < -0.39 is 10.1 Å². The number of hydrogen-bond donors (Lipinski definition) is 1. The average molecular weight is 281 g/mol. The summed E-state index contributed by atoms with van der Waals surface area (Å²) in [6.07, 6.45) is 1.46. The van der Waals surface area contributed by atoms with Gasteiger partial charge in [0.25, 0.3) is 10.1 Å². The van der Waals surface area contributed by atoms with Crippen molar-refractivity contribution >= 4 is 26.4 Å². The second kappa shape index (κ2) is 3.87. The molecule has 0 atom stereocenters. The van der Waals surface area contributed by atoms with E-state index in [1.54, 1.807) is 16.6 Å². The first-order valence-corrected chi connectivity index (χ1v) is 7.23. The average Bonchev–Trinajstić information content (AvgIpc) is 2.89. The van der Waals surface area contributed by atoms with E-state index in [0.29, 0.717) is 0 Å². The largest absolute Gasteiger partial charge is 0.294 e. The van der Waals surface area contributed by atoms with Crippen LogP contribution in [0.3, 0.4) is 0 Å². The molecule has 0 spiro atoms. The summed E-state index contributed by atoms with van der Waals surface area (Å²) in [5, 5.41) is 5.96. The fraction of sp³-hybridized carbons (Fsp3) is 0. The Morgan fingerprint density at radius 2 is 1.94 bits per heavy atom. The number of fused-ring (bicyclic) bond motifs is 1. The number of nitrogens with zero attached hydrogens (tertiary/aromatic N) is 3. The van der Waals surface area contributed by atoms with Gasteiger partial charge in [0.15, 0.2) is 0 Å². The lowest BCUT2D eigenvalue weighted by atomic mass is 10.2. The normalized spacial score (nSPS) is 12.1. The summed E-state index contributed by atoms with van der Waals surface area (Å²) in [5.74, 6) is 0. The molecule has 92 valence electrons. The zero-order valence-corrected chi connectivity index (χ0v) is 10.5. The van der Waals surface area contributed by atoms with Gasteiger partial charge in [-0.25, -0.2) is 9.50 Å². The minimum atomic E-state index is -4.15. The topological polar surface area (TPSA) is 84.6 Å². The van der Waals surface area contributed by atoms with E-state index >= 15 is 0 Å². The quantitative estimate of drug-likeness (QED) is 0.723. The van der Waals surface area contributed by atoms with Crippen molar-refractivity contribution in [1.82, 2.24) is 14.6 Å². The monoisotopic (exact) mass is 281 g/mol. The highest BCUT2D eigenvalue weighted by molar-refractivity contribution is 7.85. The second-order valence-electron chi connectivity index (χ2n) is 3.57. The Kier molecular flexibility index (Phi) is 2.44. The predicted octanol–water partition coefficient (Wildman–Crippen LogP) is 1.70. The Morgan fingerprint density at radius 1 is 1.22 bits per heavy atom. The summed E-state index contributed by atoms with van der Waals surface area (Å²) < 4.78 is 32.4. The molecule has 0 aliphatic rings. The highest BCUT2D eigenvalue weighted by Crippen LogP contribution is 2.25. The Bertz CT molecular complexity index is 802. The van der Waals surface area contributed by atoms with E-state index in [4.69, 9.17) is 4.55 Å². The molecule has 0 amide bonds. The molecule has 2 heterocycles. The standard InChI is InChI=1S/C10H7N3O3S2/c14-18(15,16)8-3-1-7(2-4-8)9-5-17-10-11-6-12-13(9)10/h1-6H,(H,14,15,16). The Balaban J connectivity index is 2.11. The first-order valence-electron chi connectivity index (χ1n) is 4.91. The van der Waals surface area contributed by atoms with Crippen LogP contribution in [-0.2, 0) is 10.1 Å². The molecule has 0 aliphatic carbocycles. The van der Waals surface area contributed by atoms with E-state index in [-0.39, 0.29) is 4.90 Å². The number of benzene rings is 1. The molecule has 18 heavy (non-hydrogen) atoms. The summed E-state index contributed by atoms with van der Waals surface area (Å²) >= 11 is 1.45. The first-order chi connectivity index (χ1) is 8.55. The molecule has 1 aromatic carbocycles. The minimum Gasteiger partial charge on any atom is -0.282 e. The maximum Gasteiger partial charge on any atom is 0.294 e. The lowest BCUT2D eigenvalue weighted by molar-refractivity contribution is 0.483. The fourth-order valence-corrected chi connectivity index (χ4v) is 2.91. The number of hydrogen-bond acceptors (Lipinski definition) is 5. The maximum absolute atomic E-state index is 10.9. The fourth-order valence-electron chi connectivity index (χ4n) is 1.62. The highest BCUT2D eigenvalue weighted by Gasteiger charge is 2.11. The molecule has 0 unspecified atom stereocenters. The van der Waals surface area contributed by atoms with Crippen molar-refractivity contribution in [2.24, 2.45) is 0 Å². The Labute approximate surface area is 106 Å². The van der Waals surface area contributed by atoms with Crippen molar-refractivity contribution in [2.45, 2.75) is 4.90 Å². The smallest absolute Gasteiger partial charge is 0.282 e. The summed E-state index contributed by atoms with van der Waals surface area (Å²) in [6, 6.07) is 5.94. The van der Waals surface area contributed by atoms with Crippen LogP contribution in [0, 0.1) is 0 Å². The van der Waals surface area contributed by atoms with Crippen molar-refractivity contribution in [3.63, 3.8) is 0 Å². The zero-order chi connectivity index (χ0) is 12.8. The molecule has 3 rings (SSSR count). The molecular weight excluding hydrogens is 274 g/mol. The Morgan fingerprint density at radius 3 is 2.61 bits per heavy atom. The number of aromatic nitrogens is 3. The van der Waals surface area contributed by atoms with Crippen molar-refractivity contribution < 1.29 is 13.0 Å².